The van der Waals surface area contributed by atoms with E-state index in [4.69, 9.17) is 24.5 Å². The van der Waals surface area contributed by atoms with E-state index >= 15 is 0 Å². The lowest BCUT2D eigenvalue weighted by molar-refractivity contribution is -0.141. The Balaban J connectivity index is 0.602. The van der Waals surface area contributed by atoms with E-state index in [0.29, 0.717) is 47.7 Å². The number of rotatable bonds is 18. The number of phenolic OH excluding ortho intramolecular Hbond substituents is 1. The van der Waals surface area contributed by atoms with Crippen LogP contribution in [0, 0.1) is 12.8 Å². The highest BCUT2D eigenvalue weighted by Gasteiger charge is 2.45. The molecule has 412 valence electrons. The van der Waals surface area contributed by atoms with Gasteiger partial charge in [-0.15, -0.1) is 10.2 Å². The number of piperazine rings is 1. The van der Waals surface area contributed by atoms with Gasteiger partial charge < -0.3 is 54.7 Å². The number of pyridine rings is 1. The number of β-amino-alcohol motifs (C(OH)–C–C–N with tert-alkyl or cyclic N) is 1. The van der Waals surface area contributed by atoms with Crippen molar-refractivity contribution in [2.24, 2.45) is 13.0 Å². The van der Waals surface area contributed by atoms with E-state index in [2.05, 4.69) is 57.6 Å². The molecule has 20 heteroatoms. The molecule has 2 aromatic carbocycles. The number of piperidine rings is 1. The van der Waals surface area contributed by atoms with E-state index in [-0.39, 0.29) is 72.9 Å². The van der Waals surface area contributed by atoms with Crippen LogP contribution in [0.15, 0.2) is 89.7 Å². The number of aryl methyl sites for hydroxylation is 2. The molecule has 5 fully saturated rings. The summed E-state index contributed by atoms with van der Waals surface area (Å²) in [5, 5.41) is 41.4. The van der Waals surface area contributed by atoms with Gasteiger partial charge in [-0.25, -0.2) is 4.98 Å². The van der Waals surface area contributed by atoms with Gasteiger partial charge in [-0.1, -0.05) is 50.2 Å². The first-order valence-electron chi connectivity index (χ1n) is 27.7. The molecule has 0 radical (unpaired) electrons. The fraction of sp³-hybridized carbons (Fsp3) is 0.500. The third-order valence-electron chi connectivity index (χ3n) is 16.5. The number of aromatic nitrogens is 6. The Labute approximate surface area is 454 Å². The molecule has 20 nitrogen and oxygen atoms in total. The van der Waals surface area contributed by atoms with E-state index in [0.717, 1.165) is 98.5 Å². The summed E-state index contributed by atoms with van der Waals surface area (Å²) in [7, 11) is 1.91. The van der Waals surface area contributed by atoms with Crippen LogP contribution in [0.5, 0.6) is 17.5 Å². The molecule has 4 aromatic heterocycles. The summed E-state index contributed by atoms with van der Waals surface area (Å²) >= 11 is 0. The summed E-state index contributed by atoms with van der Waals surface area (Å²) < 4.78 is 26.6. The van der Waals surface area contributed by atoms with Crippen LogP contribution in [0.25, 0.3) is 22.5 Å². The molecule has 6 aromatic rings. The standard InChI is InChI=1S/C58H72N12O8/c1-34(2)54(58(74)69-33-42(71)25-49(69)57(73)62-36(4)37-10-12-38(13-11-37)55-35(3)30-61-66(55)5)51-29-53(65-78-51)75-23-22-67-20-17-43(18-21-67)76-44-26-45(27-44)77-52-24-39(16-19-60-52)70-40-14-15-41(70)32-68(31-40)48-28-47(63-64-56(48)59)46-8-6-7-9-50(46)72/h6-13,16,19,24,28-30,34,36,40-45,49,54,71-72H,14-15,17-18,20-23,25-27,31-33H2,1-5H3,(H2,59,64)(H,62,73)/t36-,40+,41?,42+,44?,45?,49-,54-/m0/s1. The Morgan fingerprint density at radius 3 is 2.36 bits per heavy atom. The van der Waals surface area contributed by atoms with Crippen molar-refractivity contribution in [3.63, 3.8) is 0 Å². The number of aliphatic hydroxyl groups is 1. The number of aliphatic hydroxyl groups excluding tert-OH is 1. The molecule has 1 aliphatic carbocycles. The number of carbonyl (C=O) groups is 2. The number of aromatic hydroxyl groups is 1. The lowest BCUT2D eigenvalue weighted by Crippen LogP contribution is -2.54. The number of likely N-dealkylation sites (tertiary alicyclic amines) is 2. The van der Waals surface area contributed by atoms with Crippen LogP contribution in [0.2, 0.25) is 0 Å². The lowest BCUT2D eigenvalue weighted by Gasteiger charge is -2.43. The Kier molecular flexibility index (Phi) is 15.3. The third kappa shape index (κ3) is 11.2. The van der Waals surface area contributed by atoms with Gasteiger partial charge in [0.1, 0.15) is 30.4 Å². The molecule has 8 heterocycles. The van der Waals surface area contributed by atoms with Gasteiger partial charge in [0.05, 0.1) is 47.6 Å². The summed E-state index contributed by atoms with van der Waals surface area (Å²) in [6, 6.07) is 22.3. The summed E-state index contributed by atoms with van der Waals surface area (Å²) in [5.41, 5.74) is 13.6. The number of anilines is 3. The largest absolute Gasteiger partial charge is 0.507 e. The monoisotopic (exact) mass is 1060 g/mol. The average molecular weight is 1070 g/mol. The number of hydrogen-bond acceptors (Lipinski definition) is 17. The van der Waals surface area contributed by atoms with Crippen molar-refractivity contribution in [3.8, 4) is 40.0 Å². The minimum Gasteiger partial charge on any atom is -0.507 e. The molecule has 2 amide bonds. The van der Waals surface area contributed by atoms with Gasteiger partial charge in [-0.05, 0) is 86.0 Å². The van der Waals surface area contributed by atoms with Crippen molar-refractivity contribution in [1.29, 1.82) is 0 Å². The van der Waals surface area contributed by atoms with Gasteiger partial charge in [0.2, 0.25) is 17.7 Å². The van der Waals surface area contributed by atoms with Crippen molar-refractivity contribution in [3.05, 3.63) is 102 Å². The van der Waals surface area contributed by atoms with E-state index in [1.807, 2.05) is 94.3 Å². The first-order valence-corrected chi connectivity index (χ1v) is 27.7. The van der Waals surface area contributed by atoms with Crippen LogP contribution in [0.3, 0.4) is 0 Å². The number of carbonyl (C=O) groups excluding carboxylic acids is 2. The van der Waals surface area contributed by atoms with E-state index < -0.39 is 18.1 Å². The molecule has 0 spiro atoms. The fourth-order valence-electron chi connectivity index (χ4n) is 12.3. The summed E-state index contributed by atoms with van der Waals surface area (Å²) in [6.45, 7) is 12.3. The number of fused-ring (bicyclic) bond motifs is 2. The minimum absolute atomic E-state index is 0.0487. The van der Waals surface area contributed by atoms with Gasteiger partial charge in [0.25, 0.3) is 5.88 Å². The predicted molar refractivity (Wildman–Crippen MR) is 293 cm³/mol. The lowest BCUT2D eigenvalue weighted by atomic mass is 9.91. The first-order chi connectivity index (χ1) is 37.7. The first kappa shape index (κ1) is 52.7. The van der Waals surface area contributed by atoms with Crippen molar-refractivity contribution in [2.45, 2.75) is 127 Å². The maximum Gasteiger partial charge on any atom is 0.254 e. The summed E-state index contributed by atoms with van der Waals surface area (Å²) in [4.78, 5) is 41.3. The van der Waals surface area contributed by atoms with Crippen LogP contribution in [0.1, 0.15) is 94.6 Å². The van der Waals surface area contributed by atoms with Gasteiger partial charge in [0, 0.05) is 113 Å². The Bertz CT molecular complexity index is 3030. The normalized spacial score (nSPS) is 23.3. The fourth-order valence-corrected chi connectivity index (χ4v) is 12.3. The van der Waals surface area contributed by atoms with Crippen LogP contribution < -0.4 is 30.3 Å². The van der Waals surface area contributed by atoms with Crippen molar-refractivity contribution >= 4 is 29.0 Å². The molecule has 4 aliphatic heterocycles. The topological polar surface area (TPSA) is 236 Å². The van der Waals surface area contributed by atoms with Crippen LogP contribution in [-0.4, -0.2) is 150 Å². The zero-order chi connectivity index (χ0) is 54.2. The molecule has 6 atom stereocenters. The van der Waals surface area contributed by atoms with Gasteiger partial charge in [-0.2, -0.15) is 5.10 Å². The molecule has 1 unspecified atom stereocenters. The number of nitrogens with two attached hydrogens (primary N) is 1. The van der Waals surface area contributed by atoms with Crippen LogP contribution >= 0.6 is 0 Å². The number of nitrogens with one attached hydrogen (secondary N) is 1. The maximum absolute atomic E-state index is 14.3. The number of benzene rings is 2. The van der Waals surface area contributed by atoms with Crippen molar-refractivity contribution in [1.82, 2.24) is 45.2 Å². The predicted octanol–water partition coefficient (Wildman–Crippen LogP) is 6.43. The quantitative estimate of drug-likeness (QED) is 0.0726. The second kappa shape index (κ2) is 22.6. The number of hydrogen-bond donors (Lipinski definition) is 4. The number of ether oxygens (including phenoxy) is 3. The Morgan fingerprint density at radius 1 is 0.885 bits per heavy atom. The van der Waals surface area contributed by atoms with Gasteiger partial charge >= 0.3 is 0 Å². The minimum atomic E-state index is -0.837. The highest BCUT2D eigenvalue weighted by Crippen LogP contribution is 2.41. The van der Waals surface area contributed by atoms with Crippen molar-refractivity contribution < 1.29 is 38.5 Å². The van der Waals surface area contributed by atoms with E-state index in [9.17, 15) is 19.8 Å². The van der Waals surface area contributed by atoms with E-state index in [1.165, 1.54) is 4.90 Å². The Morgan fingerprint density at radius 2 is 1.64 bits per heavy atom. The van der Waals surface area contributed by atoms with Gasteiger partial charge in [0.15, 0.2) is 11.6 Å². The summed E-state index contributed by atoms with van der Waals surface area (Å²) in [6.07, 6.45) is 9.04. The highest BCUT2D eigenvalue weighted by molar-refractivity contribution is 5.91. The zero-order valence-corrected chi connectivity index (χ0v) is 45.1. The van der Waals surface area contributed by atoms with Crippen molar-refractivity contribution in [2.75, 3.05) is 61.4 Å². The van der Waals surface area contributed by atoms with E-state index in [1.54, 1.807) is 18.2 Å². The SMILES string of the molecule is Cc1cnn(C)c1-c1ccc([C@H](C)NC(=O)[C@@H]2C[C@@H](O)CN2C(=O)[C@H](c2cc(OCCN3CCC(OC4CC(Oc5cc(N6C7CC[C@@H]6CN(c6cc(-c8ccccc8O)nnc6N)C7)ccn5)C4)CC3)no2)C(C)C)cc1. The molecule has 5 aliphatic rings. The molecular weight excluding hydrogens is 993 g/mol. The zero-order valence-electron chi connectivity index (χ0n) is 45.1. The van der Waals surface area contributed by atoms with Crippen LogP contribution in [0.4, 0.5) is 17.2 Å². The second-order valence-corrected chi connectivity index (χ2v) is 22.3. The molecule has 2 bridgehead atoms. The number of amides is 2. The second-order valence-electron chi connectivity index (χ2n) is 22.3. The molecule has 11 rings (SSSR count). The molecule has 78 heavy (non-hydrogen) atoms. The highest BCUT2D eigenvalue weighted by atomic mass is 16.5. The number of nitrogens with zero attached hydrogens (tertiary/aromatic N) is 10. The van der Waals surface area contributed by atoms with Crippen LogP contribution in [-0.2, 0) is 21.4 Å². The molecule has 1 saturated carbocycles. The number of para-hydroxylation sites is 1. The Hall–Kier alpha value is -7.29. The molecular formula is C58H72N12O8. The molecule has 5 N–H and O–H groups in total. The summed E-state index contributed by atoms with van der Waals surface area (Å²) in [5.74, 6) is 0.316. The van der Waals surface area contributed by atoms with Gasteiger partial charge in [-0.3, -0.25) is 19.2 Å². The third-order valence-corrected chi connectivity index (χ3v) is 16.5. The number of phenols is 1. The number of nitrogen functional groups attached to an aromatic ring is 1. The molecule has 4 saturated heterocycles. The maximum atomic E-state index is 14.3. The average Bonchev–Trinajstić information content (AvgIpc) is 4.29. The smallest absolute Gasteiger partial charge is 0.254 e.